The van der Waals surface area contributed by atoms with Crippen LogP contribution in [0.2, 0.25) is 0 Å². The molecule has 0 aromatic heterocycles. The number of alkyl halides is 1. The van der Waals surface area contributed by atoms with Gasteiger partial charge in [-0.2, -0.15) is 0 Å². The van der Waals surface area contributed by atoms with Crippen molar-refractivity contribution in [1.29, 1.82) is 0 Å². The molecule has 1 rings (SSSR count). The molecule has 0 spiro atoms. The normalized spacial score (nSPS) is 37.8. The van der Waals surface area contributed by atoms with Gasteiger partial charge in [0.1, 0.15) is 0 Å². The summed E-state index contributed by atoms with van der Waals surface area (Å²) in [5, 5.41) is 0. The fourth-order valence-corrected chi connectivity index (χ4v) is 1.87. The lowest BCUT2D eigenvalue weighted by Gasteiger charge is -2.15. The van der Waals surface area contributed by atoms with E-state index in [0.717, 1.165) is 5.92 Å². The summed E-state index contributed by atoms with van der Waals surface area (Å²) < 4.78 is 0. The van der Waals surface area contributed by atoms with E-state index < -0.39 is 0 Å². The maximum atomic E-state index is 3.54. The number of rotatable bonds is 0. The fourth-order valence-electron chi connectivity index (χ4n) is 1.02. The molecule has 2 atom stereocenters. The Morgan fingerprint density at radius 1 is 1.62 bits per heavy atom. The van der Waals surface area contributed by atoms with Crippen LogP contribution in [0, 0.1) is 5.92 Å². The van der Waals surface area contributed by atoms with Gasteiger partial charge >= 0.3 is 0 Å². The molecule has 0 saturated carbocycles. The van der Waals surface area contributed by atoms with Crippen molar-refractivity contribution in [2.75, 3.05) is 0 Å². The van der Waals surface area contributed by atoms with Crippen molar-refractivity contribution in [3.63, 3.8) is 0 Å². The molecule has 0 N–H and O–H groups in total. The number of allylic oxidation sites excluding steroid dienone is 2. The third-order valence-corrected chi connectivity index (χ3v) is 2.19. The van der Waals surface area contributed by atoms with Gasteiger partial charge in [-0.25, -0.2) is 0 Å². The SMILES string of the molecule is C[C@@H]1CC=C[C@@H](Br)C1. The van der Waals surface area contributed by atoms with Gasteiger partial charge in [0.15, 0.2) is 0 Å². The minimum Gasteiger partial charge on any atom is -0.0872 e. The smallest absolute Gasteiger partial charge is 0.0328 e. The Morgan fingerprint density at radius 2 is 2.38 bits per heavy atom. The molecule has 46 valence electrons. The van der Waals surface area contributed by atoms with Crippen LogP contribution in [0.4, 0.5) is 0 Å². The van der Waals surface area contributed by atoms with Gasteiger partial charge in [0.05, 0.1) is 0 Å². The molecule has 1 heteroatoms. The molecule has 0 bridgehead atoms. The summed E-state index contributed by atoms with van der Waals surface area (Å²) in [6.45, 7) is 2.29. The van der Waals surface area contributed by atoms with Crippen molar-refractivity contribution in [3.8, 4) is 0 Å². The zero-order chi connectivity index (χ0) is 5.98. The van der Waals surface area contributed by atoms with Gasteiger partial charge in [0.25, 0.3) is 0 Å². The van der Waals surface area contributed by atoms with Gasteiger partial charge < -0.3 is 0 Å². The largest absolute Gasteiger partial charge is 0.0872 e. The van der Waals surface area contributed by atoms with Crippen LogP contribution in [-0.2, 0) is 0 Å². The second-order valence-electron chi connectivity index (χ2n) is 2.52. The minimum atomic E-state index is 0.645. The molecule has 0 fully saturated rings. The molecule has 0 nitrogen and oxygen atoms in total. The molecule has 0 amide bonds. The Morgan fingerprint density at radius 3 is 2.75 bits per heavy atom. The van der Waals surface area contributed by atoms with Crippen LogP contribution in [0.15, 0.2) is 12.2 Å². The topological polar surface area (TPSA) is 0 Å². The Hall–Kier alpha value is 0.220. The van der Waals surface area contributed by atoms with Gasteiger partial charge in [0.2, 0.25) is 0 Å². The molecular weight excluding hydrogens is 164 g/mol. The van der Waals surface area contributed by atoms with Gasteiger partial charge in [-0.05, 0) is 18.8 Å². The van der Waals surface area contributed by atoms with E-state index in [1.165, 1.54) is 12.8 Å². The standard InChI is InChI=1S/C7H11Br/c1-6-3-2-4-7(8)5-6/h2,4,6-7H,3,5H2,1H3/t6-,7-/m1/s1. The maximum absolute atomic E-state index is 3.54. The highest BCUT2D eigenvalue weighted by molar-refractivity contribution is 9.09. The highest BCUT2D eigenvalue weighted by Crippen LogP contribution is 2.22. The van der Waals surface area contributed by atoms with Crippen LogP contribution in [0.25, 0.3) is 0 Å². The molecule has 0 saturated heterocycles. The predicted molar refractivity (Wildman–Crippen MR) is 40.3 cm³/mol. The van der Waals surface area contributed by atoms with Crippen molar-refractivity contribution in [3.05, 3.63) is 12.2 Å². The van der Waals surface area contributed by atoms with Crippen molar-refractivity contribution >= 4 is 15.9 Å². The Bertz CT molecular complexity index is 96.6. The molecule has 0 aromatic carbocycles. The summed E-state index contributed by atoms with van der Waals surface area (Å²) in [7, 11) is 0. The van der Waals surface area contributed by atoms with Gasteiger partial charge in [-0.1, -0.05) is 35.0 Å². The summed E-state index contributed by atoms with van der Waals surface area (Å²) in [4.78, 5) is 0.645. The molecular formula is C7H11Br. The third-order valence-electron chi connectivity index (χ3n) is 1.51. The molecule has 1 aliphatic rings. The first-order chi connectivity index (χ1) is 3.79. The first-order valence-corrected chi connectivity index (χ1v) is 4.01. The van der Waals surface area contributed by atoms with E-state index >= 15 is 0 Å². The summed E-state index contributed by atoms with van der Waals surface area (Å²) >= 11 is 3.54. The van der Waals surface area contributed by atoms with Gasteiger partial charge in [0, 0.05) is 4.83 Å². The number of halogens is 1. The van der Waals surface area contributed by atoms with E-state index in [2.05, 4.69) is 35.0 Å². The third kappa shape index (κ3) is 1.62. The molecule has 0 radical (unpaired) electrons. The lowest BCUT2D eigenvalue weighted by atomic mass is 9.97. The first kappa shape index (κ1) is 6.34. The van der Waals surface area contributed by atoms with Crippen LogP contribution < -0.4 is 0 Å². The molecule has 0 unspecified atom stereocenters. The van der Waals surface area contributed by atoms with Crippen LogP contribution in [0.3, 0.4) is 0 Å². The number of hydrogen-bond donors (Lipinski definition) is 0. The summed E-state index contributed by atoms with van der Waals surface area (Å²) in [5.41, 5.74) is 0. The number of hydrogen-bond acceptors (Lipinski definition) is 0. The summed E-state index contributed by atoms with van der Waals surface area (Å²) in [5.74, 6) is 0.879. The second-order valence-corrected chi connectivity index (χ2v) is 3.70. The molecule has 0 aromatic rings. The van der Waals surface area contributed by atoms with Crippen molar-refractivity contribution in [2.24, 2.45) is 5.92 Å². The first-order valence-electron chi connectivity index (χ1n) is 3.10. The molecule has 0 aliphatic heterocycles. The maximum Gasteiger partial charge on any atom is 0.0328 e. The zero-order valence-electron chi connectivity index (χ0n) is 5.10. The van der Waals surface area contributed by atoms with Gasteiger partial charge in [-0.15, -0.1) is 0 Å². The van der Waals surface area contributed by atoms with Crippen LogP contribution >= 0.6 is 15.9 Å². The van der Waals surface area contributed by atoms with E-state index in [1.54, 1.807) is 0 Å². The van der Waals surface area contributed by atoms with E-state index in [9.17, 15) is 0 Å². The predicted octanol–water partition coefficient (Wildman–Crippen LogP) is 2.74. The average molecular weight is 175 g/mol. The fraction of sp³-hybridized carbons (Fsp3) is 0.714. The summed E-state index contributed by atoms with van der Waals surface area (Å²) in [6, 6.07) is 0. The quantitative estimate of drug-likeness (QED) is 0.392. The van der Waals surface area contributed by atoms with E-state index in [0.29, 0.717) is 4.83 Å². The minimum absolute atomic E-state index is 0.645. The second kappa shape index (κ2) is 2.67. The van der Waals surface area contributed by atoms with Crippen molar-refractivity contribution < 1.29 is 0 Å². The summed E-state index contributed by atoms with van der Waals surface area (Å²) in [6.07, 6.45) is 7.06. The lowest BCUT2D eigenvalue weighted by Crippen LogP contribution is -2.06. The monoisotopic (exact) mass is 174 g/mol. The highest BCUT2D eigenvalue weighted by atomic mass is 79.9. The average Bonchev–Trinajstić information content (AvgIpc) is 1.64. The Kier molecular flexibility index (Phi) is 2.12. The Labute approximate surface area is 59.1 Å². The highest BCUT2D eigenvalue weighted by Gasteiger charge is 2.09. The van der Waals surface area contributed by atoms with Crippen molar-refractivity contribution in [1.82, 2.24) is 0 Å². The van der Waals surface area contributed by atoms with E-state index in [-0.39, 0.29) is 0 Å². The molecule has 0 heterocycles. The van der Waals surface area contributed by atoms with E-state index in [1.807, 2.05) is 0 Å². The van der Waals surface area contributed by atoms with Gasteiger partial charge in [-0.3, -0.25) is 0 Å². The lowest BCUT2D eigenvalue weighted by molar-refractivity contribution is 0.537. The van der Waals surface area contributed by atoms with Crippen molar-refractivity contribution in [2.45, 2.75) is 24.6 Å². The van der Waals surface area contributed by atoms with E-state index in [4.69, 9.17) is 0 Å². The zero-order valence-corrected chi connectivity index (χ0v) is 6.69. The molecule has 1 aliphatic carbocycles. The van der Waals surface area contributed by atoms with Crippen LogP contribution in [0.1, 0.15) is 19.8 Å². The van der Waals surface area contributed by atoms with Crippen LogP contribution in [0.5, 0.6) is 0 Å². The Balaban J connectivity index is 2.42. The molecule has 8 heavy (non-hydrogen) atoms. The van der Waals surface area contributed by atoms with Crippen LogP contribution in [-0.4, -0.2) is 4.83 Å².